The Labute approximate surface area is 82.8 Å². The van der Waals surface area contributed by atoms with Gasteiger partial charge in [0.15, 0.2) is 0 Å². The first kappa shape index (κ1) is 9.12. The van der Waals surface area contributed by atoms with E-state index in [1.807, 2.05) is 0 Å². The number of aromatic nitrogens is 2. The average molecular weight is 191 g/mol. The van der Waals surface area contributed by atoms with Gasteiger partial charge >= 0.3 is 0 Å². The van der Waals surface area contributed by atoms with Crippen LogP contribution in [-0.4, -0.2) is 15.9 Å². The highest BCUT2D eigenvalue weighted by atomic mass is 16.1. The SMILES string of the molecule is O=C(NCc1cnccn1)C1CCC1. The van der Waals surface area contributed by atoms with Crippen LogP contribution in [0.5, 0.6) is 0 Å². The monoisotopic (exact) mass is 191 g/mol. The Morgan fingerprint density at radius 1 is 1.50 bits per heavy atom. The zero-order chi connectivity index (χ0) is 9.80. The van der Waals surface area contributed by atoms with Crippen LogP contribution in [0.2, 0.25) is 0 Å². The number of hydrogen-bond acceptors (Lipinski definition) is 3. The molecule has 0 unspecified atom stereocenters. The molecule has 4 nitrogen and oxygen atoms in total. The second-order valence-electron chi connectivity index (χ2n) is 3.54. The summed E-state index contributed by atoms with van der Waals surface area (Å²) < 4.78 is 0. The van der Waals surface area contributed by atoms with Gasteiger partial charge in [0, 0.05) is 18.3 Å². The summed E-state index contributed by atoms with van der Waals surface area (Å²) in [6.07, 6.45) is 8.17. The van der Waals surface area contributed by atoms with Crippen LogP contribution >= 0.6 is 0 Å². The van der Waals surface area contributed by atoms with Crippen LogP contribution in [0.3, 0.4) is 0 Å². The zero-order valence-electron chi connectivity index (χ0n) is 7.94. The van der Waals surface area contributed by atoms with Gasteiger partial charge in [0.05, 0.1) is 18.4 Å². The number of nitrogens with zero attached hydrogens (tertiary/aromatic N) is 2. The van der Waals surface area contributed by atoms with E-state index < -0.39 is 0 Å². The summed E-state index contributed by atoms with van der Waals surface area (Å²) in [6.45, 7) is 0.489. The van der Waals surface area contributed by atoms with Gasteiger partial charge < -0.3 is 5.32 Å². The molecule has 1 aliphatic carbocycles. The van der Waals surface area contributed by atoms with E-state index in [9.17, 15) is 4.79 Å². The fraction of sp³-hybridized carbons (Fsp3) is 0.500. The maximum absolute atomic E-state index is 11.4. The summed E-state index contributed by atoms with van der Waals surface area (Å²) >= 11 is 0. The quantitative estimate of drug-likeness (QED) is 0.772. The second-order valence-corrected chi connectivity index (χ2v) is 3.54. The molecule has 1 aromatic rings. The molecule has 1 aliphatic rings. The van der Waals surface area contributed by atoms with Gasteiger partial charge in [0.1, 0.15) is 0 Å². The molecular weight excluding hydrogens is 178 g/mol. The molecule has 0 radical (unpaired) electrons. The van der Waals surface area contributed by atoms with Gasteiger partial charge in [-0.05, 0) is 12.8 Å². The van der Waals surface area contributed by atoms with Gasteiger partial charge in [-0.25, -0.2) is 0 Å². The van der Waals surface area contributed by atoms with Crippen molar-refractivity contribution in [1.82, 2.24) is 15.3 Å². The smallest absolute Gasteiger partial charge is 0.223 e. The number of rotatable bonds is 3. The van der Waals surface area contributed by atoms with Gasteiger partial charge in [0.25, 0.3) is 0 Å². The van der Waals surface area contributed by atoms with Crippen molar-refractivity contribution in [1.29, 1.82) is 0 Å². The van der Waals surface area contributed by atoms with E-state index in [1.54, 1.807) is 18.6 Å². The molecular formula is C10H13N3O. The zero-order valence-corrected chi connectivity index (χ0v) is 7.94. The number of carbonyl (C=O) groups is 1. The standard InChI is InChI=1S/C10H13N3O/c14-10(8-2-1-3-8)13-7-9-6-11-4-5-12-9/h4-6,8H,1-3,7H2,(H,13,14). The summed E-state index contributed by atoms with van der Waals surface area (Å²) in [4.78, 5) is 19.4. The highest BCUT2D eigenvalue weighted by Gasteiger charge is 2.24. The van der Waals surface area contributed by atoms with Crippen LogP contribution in [0.15, 0.2) is 18.6 Å². The lowest BCUT2D eigenvalue weighted by Gasteiger charge is -2.23. The highest BCUT2D eigenvalue weighted by molar-refractivity contribution is 5.79. The maximum Gasteiger partial charge on any atom is 0.223 e. The van der Waals surface area contributed by atoms with Crippen molar-refractivity contribution in [2.45, 2.75) is 25.8 Å². The van der Waals surface area contributed by atoms with E-state index in [1.165, 1.54) is 6.42 Å². The number of carbonyl (C=O) groups excluding carboxylic acids is 1. The molecule has 1 amide bonds. The predicted octanol–water partition coefficient (Wildman–Crippen LogP) is 0.893. The molecule has 1 fully saturated rings. The molecule has 0 atom stereocenters. The molecule has 2 rings (SSSR count). The molecule has 74 valence electrons. The molecule has 1 heterocycles. The third kappa shape index (κ3) is 2.07. The van der Waals surface area contributed by atoms with Crippen LogP contribution in [0.25, 0.3) is 0 Å². The third-order valence-corrected chi connectivity index (χ3v) is 2.54. The molecule has 4 heteroatoms. The Kier molecular flexibility index (Phi) is 2.72. The molecule has 14 heavy (non-hydrogen) atoms. The molecule has 0 bridgehead atoms. The van der Waals surface area contributed by atoms with Crippen LogP contribution in [0, 0.1) is 5.92 Å². The molecule has 1 N–H and O–H groups in total. The van der Waals surface area contributed by atoms with E-state index in [4.69, 9.17) is 0 Å². The second kappa shape index (κ2) is 4.17. The van der Waals surface area contributed by atoms with Crippen molar-refractivity contribution in [3.8, 4) is 0 Å². The minimum Gasteiger partial charge on any atom is -0.350 e. The predicted molar refractivity (Wildman–Crippen MR) is 51.2 cm³/mol. The normalized spacial score (nSPS) is 16.0. The highest BCUT2D eigenvalue weighted by Crippen LogP contribution is 2.26. The van der Waals surface area contributed by atoms with Crippen molar-refractivity contribution in [3.63, 3.8) is 0 Å². The average Bonchev–Trinajstić information content (AvgIpc) is 2.14. The summed E-state index contributed by atoms with van der Waals surface area (Å²) in [6, 6.07) is 0. The summed E-state index contributed by atoms with van der Waals surface area (Å²) in [5.74, 6) is 0.397. The molecule has 1 saturated carbocycles. The van der Waals surface area contributed by atoms with Crippen LogP contribution < -0.4 is 5.32 Å². The summed E-state index contributed by atoms with van der Waals surface area (Å²) in [5, 5.41) is 2.86. The van der Waals surface area contributed by atoms with Crippen LogP contribution in [-0.2, 0) is 11.3 Å². The van der Waals surface area contributed by atoms with Gasteiger partial charge in [-0.3, -0.25) is 14.8 Å². The van der Waals surface area contributed by atoms with Crippen LogP contribution in [0.1, 0.15) is 25.0 Å². The molecule has 0 saturated heterocycles. The van der Waals surface area contributed by atoms with Gasteiger partial charge in [-0.15, -0.1) is 0 Å². The van der Waals surface area contributed by atoms with Crippen molar-refractivity contribution in [2.24, 2.45) is 5.92 Å². The van der Waals surface area contributed by atoms with Crippen molar-refractivity contribution in [3.05, 3.63) is 24.3 Å². The molecule has 0 spiro atoms. The van der Waals surface area contributed by atoms with Gasteiger partial charge in [-0.2, -0.15) is 0 Å². The molecule has 0 aromatic carbocycles. The Balaban J connectivity index is 1.79. The van der Waals surface area contributed by atoms with Gasteiger partial charge in [-0.1, -0.05) is 6.42 Å². The van der Waals surface area contributed by atoms with E-state index in [-0.39, 0.29) is 11.8 Å². The van der Waals surface area contributed by atoms with Crippen LogP contribution in [0.4, 0.5) is 0 Å². The molecule has 0 aliphatic heterocycles. The Morgan fingerprint density at radius 3 is 2.93 bits per heavy atom. The number of hydrogen-bond donors (Lipinski definition) is 1. The van der Waals surface area contributed by atoms with E-state index >= 15 is 0 Å². The third-order valence-electron chi connectivity index (χ3n) is 2.54. The maximum atomic E-state index is 11.4. The van der Waals surface area contributed by atoms with E-state index in [0.29, 0.717) is 6.54 Å². The Bertz CT molecular complexity index is 308. The first-order valence-corrected chi connectivity index (χ1v) is 4.89. The summed E-state index contributed by atoms with van der Waals surface area (Å²) in [5.41, 5.74) is 0.806. The Morgan fingerprint density at radius 2 is 2.36 bits per heavy atom. The first-order chi connectivity index (χ1) is 6.86. The first-order valence-electron chi connectivity index (χ1n) is 4.89. The largest absolute Gasteiger partial charge is 0.350 e. The minimum absolute atomic E-state index is 0.155. The lowest BCUT2D eigenvalue weighted by atomic mass is 9.85. The number of amides is 1. The van der Waals surface area contributed by atoms with E-state index in [2.05, 4.69) is 15.3 Å². The number of nitrogens with one attached hydrogen (secondary N) is 1. The van der Waals surface area contributed by atoms with Gasteiger partial charge in [0.2, 0.25) is 5.91 Å². The van der Waals surface area contributed by atoms with Crippen molar-refractivity contribution < 1.29 is 4.79 Å². The Hall–Kier alpha value is -1.45. The van der Waals surface area contributed by atoms with Crippen molar-refractivity contribution >= 4 is 5.91 Å². The van der Waals surface area contributed by atoms with E-state index in [0.717, 1.165) is 18.5 Å². The van der Waals surface area contributed by atoms with Crippen molar-refractivity contribution in [2.75, 3.05) is 0 Å². The molecule has 1 aromatic heterocycles. The lowest BCUT2D eigenvalue weighted by molar-refractivity contribution is -0.127. The fourth-order valence-electron chi connectivity index (χ4n) is 1.41. The lowest BCUT2D eigenvalue weighted by Crippen LogP contribution is -2.34. The topological polar surface area (TPSA) is 54.9 Å². The summed E-state index contributed by atoms with van der Waals surface area (Å²) in [7, 11) is 0. The minimum atomic E-state index is 0.155. The fourth-order valence-corrected chi connectivity index (χ4v) is 1.41.